The predicted molar refractivity (Wildman–Crippen MR) is 58.8 cm³/mol. The highest BCUT2D eigenvalue weighted by Gasteiger charge is 1.72. The van der Waals surface area contributed by atoms with Gasteiger partial charge in [0.1, 0.15) is 0 Å². The summed E-state index contributed by atoms with van der Waals surface area (Å²) in [6, 6.07) is 0. The van der Waals surface area contributed by atoms with Crippen molar-refractivity contribution < 1.29 is 0 Å². The molecule has 3 nitrogen and oxygen atoms in total. The van der Waals surface area contributed by atoms with Crippen LogP contribution >= 0.6 is 0 Å². The highest BCUT2D eigenvalue weighted by atomic mass is 15.4. The van der Waals surface area contributed by atoms with E-state index >= 15 is 0 Å². The smallest absolute Gasteiger partial charge is 0.0244 e. The van der Waals surface area contributed by atoms with Crippen LogP contribution in [0.25, 0.3) is 0 Å². The largest absolute Gasteiger partial charge is 0.310 e. The molecule has 12 heavy (non-hydrogen) atoms. The molecule has 0 spiro atoms. The molecule has 0 aliphatic carbocycles. The molecule has 0 atom stereocenters. The molecule has 0 saturated carbocycles. The SMILES string of the molecule is C=NN(C)C.CC.CCN(C)C. The third-order valence-corrected chi connectivity index (χ3v) is 0.915. The van der Waals surface area contributed by atoms with Crippen LogP contribution < -0.4 is 0 Å². The van der Waals surface area contributed by atoms with Gasteiger partial charge in [-0.2, -0.15) is 5.10 Å². The molecule has 3 heteroatoms. The standard InChI is InChI=1S/C4H11N.C3H8N2.C2H6/c2*1-4-5(2)3;1-2/h4H2,1-3H3;1H2,2-3H3;1-2H3. The summed E-state index contributed by atoms with van der Waals surface area (Å²) in [7, 11) is 7.76. The van der Waals surface area contributed by atoms with E-state index in [1.54, 1.807) is 5.01 Å². The van der Waals surface area contributed by atoms with Crippen LogP contribution in [-0.4, -0.2) is 51.4 Å². The summed E-state index contributed by atoms with van der Waals surface area (Å²) in [5.41, 5.74) is 0. The molecule has 76 valence electrons. The average Bonchev–Trinajstić information content (AvgIpc) is 2.09. The zero-order valence-corrected chi connectivity index (χ0v) is 9.76. The Kier molecular flexibility index (Phi) is 24.5. The van der Waals surface area contributed by atoms with Gasteiger partial charge in [0.2, 0.25) is 0 Å². The molecule has 0 aromatic carbocycles. The maximum Gasteiger partial charge on any atom is 0.0244 e. The van der Waals surface area contributed by atoms with Gasteiger partial charge in [0.25, 0.3) is 0 Å². The zero-order valence-electron chi connectivity index (χ0n) is 9.76. The lowest BCUT2D eigenvalue weighted by atomic mass is 10.7. The Balaban J connectivity index is -0.000000112. The monoisotopic (exact) mass is 175 g/mol. The van der Waals surface area contributed by atoms with Crippen molar-refractivity contribution in [3.8, 4) is 0 Å². The van der Waals surface area contributed by atoms with E-state index in [1.165, 1.54) is 0 Å². The van der Waals surface area contributed by atoms with Crippen molar-refractivity contribution in [3.63, 3.8) is 0 Å². The Bertz CT molecular complexity index is 70.2. The minimum absolute atomic E-state index is 1.14. The molecule has 0 radical (unpaired) electrons. The van der Waals surface area contributed by atoms with Gasteiger partial charge in [0.05, 0.1) is 0 Å². The van der Waals surface area contributed by atoms with Gasteiger partial charge in [0, 0.05) is 20.8 Å². The van der Waals surface area contributed by atoms with Crippen LogP contribution in [0.2, 0.25) is 0 Å². The molecule has 0 aromatic rings. The molecule has 0 aliphatic rings. The highest BCUT2D eigenvalue weighted by Crippen LogP contribution is 1.64. The van der Waals surface area contributed by atoms with E-state index in [2.05, 4.69) is 37.7 Å². The van der Waals surface area contributed by atoms with Crippen LogP contribution in [0.3, 0.4) is 0 Å². The van der Waals surface area contributed by atoms with Crippen LogP contribution in [0.5, 0.6) is 0 Å². The maximum atomic E-state index is 3.47. The molecule has 0 aliphatic heterocycles. The fraction of sp³-hybridized carbons (Fsp3) is 0.889. The Hall–Kier alpha value is -0.570. The molecule has 0 aromatic heterocycles. The van der Waals surface area contributed by atoms with Gasteiger partial charge in [-0.15, -0.1) is 0 Å². The van der Waals surface area contributed by atoms with Gasteiger partial charge < -0.3 is 9.91 Å². The molecule has 0 bridgehead atoms. The van der Waals surface area contributed by atoms with Crippen molar-refractivity contribution >= 4 is 6.72 Å². The van der Waals surface area contributed by atoms with Gasteiger partial charge in [-0.3, -0.25) is 0 Å². The van der Waals surface area contributed by atoms with E-state index < -0.39 is 0 Å². The third kappa shape index (κ3) is 57.0. The molecule has 0 fully saturated rings. The van der Waals surface area contributed by atoms with Crippen molar-refractivity contribution in [2.45, 2.75) is 20.8 Å². The van der Waals surface area contributed by atoms with Crippen molar-refractivity contribution in [2.75, 3.05) is 34.7 Å². The first-order valence-electron chi connectivity index (χ1n) is 4.33. The lowest BCUT2D eigenvalue weighted by molar-refractivity contribution is 0.434. The van der Waals surface area contributed by atoms with Gasteiger partial charge in [-0.1, -0.05) is 20.8 Å². The van der Waals surface area contributed by atoms with E-state index in [-0.39, 0.29) is 0 Å². The predicted octanol–water partition coefficient (Wildman–Crippen LogP) is 1.76. The van der Waals surface area contributed by atoms with Crippen LogP contribution in [0.15, 0.2) is 5.10 Å². The summed E-state index contributed by atoms with van der Waals surface area (Å²) >= 11 is 0. The molecule has 0 unspecified atom stereocenters. The van der Waals surface area contributed by atoms with Crippen molar-refractivity contribution in [2.24, 2.45) is 5.10 Å². The molecule has 0 N–H and O–H groups in total. The number of nitrogens with zero attached hydrogens (tertiary/aromatic N) is 3. The summed E-state index contributed by atoms with van der Waals surface area (Å²) in [6.45, 7) is 10.5. The lowest BCUT2D eigenvalue weighted by Crippen LogP contribution is -2.08. The maximum absolute atomic E-state index is 3.47. The molecule has 0 amide bonds. The Labute approximate surface area is 78.1 Å². The fourth-order valence-electron chi connectivity index (χ4n) is 0. The first-order valence-corrected chi connectivity index (χ1v) is 4.33. The van der Waals surface area contributed by atoms with Crippen LogP contribution in [0.4, 0.5) is 0 Å². The van der Waals surface area contributed by atoms with Crippen molar-refractivity contribution in [1.82, 2.24) is 9.91 Å². The van der Waals surface area contributed by atoms with Crippen molar-refractivity contribution in [1.29, 1.82) is 0 Å². The highest BCUT2D eigenvalue weighted by molar-refractivity contribution is 5.22. The topological polar surface area (TPSA) is 18.8 Å². The first kappa shape index (κ1) is 17.5. The van der Waals surface area contributed by atoms with Crippen molar-refractivity contribution in [3.05, 3.63) is 0 Å². The quantitative estimate of drug-likeness (QED) is 0.470. The summed E-state index contributed by atoms with van der Waals surface area (Å²) in [5, 5.41) is 5.11. The number of hydrogen-bond donors (Lipinski definition) is 0. The van der Waals surface area contributed by atoms with Gasteiger partial charge in [-0.25, -0.2) is 0 Å². The van der Waals surface area contributed by atoms with Crippen LogP contribution in [0.1, 0.15) is 20.8 Å². The lowest BCUT2D eigenvalue weighted by Gasteiger charge is -2.00. The first-order chi connectivity index (χ1) is 5.54. The van der Waals surface area contributed by atoms with Crippen LogP contribution in [0, 0.1) is 0 Å². The van der Waals surface area contributed by atoms with Gasteiger partial charge in [0.15, 0.2) is 0 Å². The molecule has 0 saturated heterocycles. The van der Waals surface area contributed by atoms with Gasteiger partial charge in [-0.05, 0) is 20.6 Å². The van der Waals surface area contributed by atoms with E-state index in [0.717, 1.165) is 6.54 Å². The second-order valence-electron chi connectivity index (χ2n) is 2.38. The minimum Gasteiger partial charge on any atom is -0.310 e. The molecule has 0 rings (SSSR count). The second kappa shape index (κ2) is 16.8. The summed E-state index contributed by atoms with van der Waals surface area (Å²) in [4.78, 5) is 2.12. The minimum atomic E-state index is 1.14. The second-order valence-corrected chi connectivity index (χ2v) is 2.38. The van der Waals surface area contributed by atoms with E-state index in [1.807, 2.05) is 27.9 Å². The zero-order chi connectivity index (χ0) is 10.6. The summed E-state index contributed by atoms with van der Waals surface area (Å²) in [6.07, 6.45) is 0. The molecule has 0 heterocycles. The summed E-state index contributed by atoms with van der Waals surface area (Å²) in [5.74, 6) is 0. The Morgan fingerprint density at radius 2 is 1.25 bits per heavy atom. The average molecular weight is 175 g/mol. The normalized spacial score (nSPS) is 7.33. The number of rotatable bonds is 2. The van der Waals surface area contributed by atoms with E-state index in [9.17, 15) is 0 Å². The fourth-order valence-corrected chi connectivity index (χ4v) is 0. The summed E-state index contributed by atoms with van der Waals surface area (Å²) < 4.78 is 0. The number of hydrazone groups is 1. The molecular weight excluding hydrogens is 150 g/mol. The Morgan fingerprint density at radius 1 is 1.08 bits per heavy atom. The van der Waals surface area contributed by atoms with E-state index in [4.69, 9.17) is 0 Å². The van der Waals surface area contributed by atoms with E-state index in [0.29, 0.717) is 0 Å². The van der Waals surface area contributed by atoms with Gasteiger partial charge >= 0.3 is 0 Å². The third-order valence-electron chi connectivity index (χ3n) is 0.915. The Morgan fingerprint density at radius 3 is 1.25 bits per heavy atom. The van der Waals surface area contributed by atoms with Crippen LogP contribution in [-0.2, 0) is 0 Å². The molecular formula is C9H25N3. The number of hydrogen-bond acceptors (Lipinski definition) is 3.